The van der Waals surface area contributed by atoms with Crippen LogP contribution in [0.1, 0.15) is 23.5 Å². The second kappa shape index (κ2) is 8.57. The van der Waals surface area contributed by atoms with Gasteiger partial charge in [0.05, 0.1) is 12.5 Å². The Labute approximate surface area is 157 Å². The average Bonchev–Trinajstić information content (AvgIpc) is 3.07. The lowest BCUT2D eigenvalue weighted by Gasteiger charge is -2.20. The predicted octanol–water partition coefficient (Wildman–Crippen LogP) is 3.82. The van der Waals surface area contributed by atoms with Crippen molar-refractivity contribution >= 4 is 5.91 Å². The quantitative estimate of drug-likeness (QED) is 0.831. The second-order valence-electron chi connectivity index (χ2n) is 7.00. The third-order valence-electron chi connectivity index (χ3n) is 4.87. The molecule has 2 aromatic rings. The molecular formula is C21H23F3N2O. The van der Waals surface area contributed by atoms with Crippen LogP contribution in [0, 0.1) is 5.92 Å². The number of hydrogen-bond donors (Lipinski definition) is 1. The number of hydrogen-bond acceptors (Lipinski definition) is 2. The van der Waals surface area contributed by atoms with E-state index >= 15 is 0 Å². The third kappa shape index (κ3) is 5.57. The minimum absolute atomic E-state index is 0.0449. The molecule has 1 amide bonds. The van der Waals surface area contributed by atoms with Gasteiger partial charge in [-0.25, -0.2) is 0 Å². The summed E-state index contributed by atoms with van der Waals surface area (Å²) in [5, 5.41) is 2.96. The zero-order valence-electron chi connectivity index (χ0n) is 15.0. The number of alkyl halides is 3. The summed E-state index contributed by atoms with van der Waals surface area (Å²) in [6.07, 6.45) is -3.51. The molecular weight excluding hydrogens is 353 g/mol. The summed E-state index contributed by atoms with van der Waals surface area (Å²) in [4.78, 5) is 14.3. The van der Waals surface area contributed by atoms with Crippen molar-refractivity contribution in [1.29, 1.82) is 0 Å². The van der Waals surface area contributed by atoms with Crippen molar-refractivity contribution in [3.8, 4) is 0 Å². The molecule has 1 N–H and O–H groups in total. The summed E-state index contributed by atoms with van der Waals surface area (Å²) < 4.78 is 37.6. The first-order valence-electron chi connectivity index (χ1n) is 9.09. The van der Waals surface area contributed by atoms with Crippen LogP contribution in [0.5, 0.6) is 0 Å². The number of rotatable bonds is 6. The number of likely N-dealkylation sites (tertiary alicyclic amines) is 1. The highest BCUT2D eigenvalue weighted by atomic mass is 19.4. The molecule has 0 spiro atoms. The molecule has 27 heavy (non-hydrogen) atoms. The van der Waals surface area contributed by atoms with Crippen LogP contribution in [0.2, 0.25) is 0 Å². The highest BCUT2D eigenvalue weighted by molar-refractivity contribution is 5.87. The van der Waals surface area contributed by atoms with Crippen molar-refractivity contribution in [3.05, 3.63) is 71.8 Å². The molecule has 1 aliphatic heterocycles. The van der Waals surface area contributed by atoms with E-state index in [1.165, 1.54) is 4.90 Å². The number of nitrogens with zero attached hydrogens (tertiary/aromatic N) is 1. The summed E-state index contributed by atoms with van der Waals surface area (Å²) >= 11 is 0. The number of carbonyl (C=O) groups is 1. The van der Waals surface area contributed by atoms with Gasteiger partial charge in [-0.05, 0) is 30.0 Å². The zero-order valence-corrected chi connectivity index (χ0v) is 15.0. The van der Waals surface area contributed by atoms with Crippen LogP contribution in [0.3, 0.4) is 0 Å². The molecule has 0 aromatic heterocycles. The maximum Gasteiger partial charge on any atom is 0.401 e. The number of halogens is 3. The summed E-state index contributed by atoms with van der Waals surface area (Å²) in [6, 6.07) is 19.0. The van der Waals surface area contributed by atoms with Crippen molar-refractivity contribution in [2.45, 2.75) is 18.5 Å². The Kier molecular flexibility index (Phi) is 6.16. The molecule has 1 atom stereocenters. The van der Waals surface area contributed by atoms with E-state index in [0.29, 0.717) is 26.1 Å². The normalized spacial score (nSPS) is 18.0. The minimum atomic E-state index is -4.18. The fourth-order valence-electron chi connectivity index (χ4n) is 3.61. The zero-order chi connectivity index (χ0) is 19.3. The van der Waals surface area contributed by atoms with Crippen molar-refractivity contribution in [2.75, 3.05) is 26.2 Å². The molecule has 0 saturated carbocycles. The molecule has 3 rings (SSSR count). The van der Waals surface area contributed by atoms with E-state index in [9.17, 15) is 18.0 Å². The fraction of sp³-hybridized carbons (Fsp3) is 0.381. The molecule has 0 bridgehead atoms. The van der Waals surface area contributed by atoms with Crippen LogP contribution in [0.4, 0.5) is 13.2 Å². The van der Waals surface area contributed by atoms with E-state index in [-0.39, 0.29) is 11.8 Å². The second-order valence-corrected chi connectivity index (χ2v) is 7.00. The summed E-state index contributed by atoms with van der Waals surface area (Å²) in [6.45, 7) is 0.291. The van der Waals surface area contributed by atoms with Crippen molar-refractivity contribution in [1.82, 2.24) is 10.2 Å². The summed E-state index contributed by atoms with van der Waals surface area (Å²) in [5.74, 6) is -0.509. The first-order chi connectivity index (χ1) is 12.9. The largest absolute Gasteiger partial charge is 0.401 e. The lowest BCUT2D eigenvalue weighted by atomic mass is 9.90. The summed E-state index contributed by atoms with van der Waals surface area (Å²) in [7, 11) is 0. The first-order valence-corrected chi connectivity index (χ1v) is 9.09. The molecule has 144 valence electrons. The van der Waals surface area contributed by atoms with Gasteiger partial charge in [0.1, 0.15) is 0 Å². The Balaban J connectivity index is 1.63. The number of benzene rings is 2. The maximum atomic E-state index is 12.9. The smallest absolute Gasteiger partial charge is 0.355 e. The van der Waals surface area contributed by atoms with Crippen molar-refractivity contribution in [3.63, 3.8) is 0 Å². The molecule has 2 aromatic carbocycles. The van der Waals surface area contributed by atoms with Gasteiger partial charge >= 0.3 is 6.18 Å². The van der Waals surface area contributed by atoms with E-state index < -0.39 is 18.6 Å². The summed E-state index contributed by atoms with van der Waals surface area (Å²) in [5.41, 5.74) is 1.79. The maximum absolute atomic E-state index is 12.9. The van der Waals surface area contributed by atoms with E-state index in [1.54, 1.807) is 0 Å². The van der Waals surface area contributed by atoms with Gasteiger partial charge in [0.25, 0.3) is 0 Å². The van der Waals surface area contributed by atoms with Gasteiger partial charge in [0.15, 0.2) is 0 Å². The van der Waals surface area contributed by atoms with Crippen molar-refractivity contribution in [2.24, 2.45) is 5.92 Å². The molecule has 1 unspecified atom stereocenters. The minimum Gasteiger partial charge on any atom is -0.355 e. The van der Waals surface area contributed by atoms with Crippen LogP contribution >= 0.6 is 0 Å². The van der Waals surface area contributed by atoms with Crippen LogP contribution in [-0.2, 0) is 4.79 Å². The van der Waals surface area contributed by atoms with Crippen LogP contribution in [0.15, 0.2) is 60.7 Å². The molecule has 0 radical (unpaired) electrons. The van der Waals surface area contributed by atoms with E-state index in [0.717, 1.165) is 11.1 Å². The monoisotopic (exact) mass is 376 g/mol. The lowest BCUT2D eigenvalue weighted by Crippen LogP contribution is -2.36. The number of carbonyl (C=O) groups excluding carboxylic acids is 1. The van der Waals surface area contributed by atoms with Crippen LogP contribution < -0.4 is 5.32 Å². The van der Waals surface area contributed by atoms with Gasteiger partial charge < -0.3 is 5.32 Å². The highest BCUT2D eigenvalue weighted by Crippen LogP contribution is 2.26. The fourth-order valence-corrected chi connectivity index (χ4v) is 3.61. The molecule has 1 fully saturated rings. The Hall–Kier alpha value is -2.34. The van der Waals surface area contributed by atoms with E-state index in [4.69, 9.17) is 0 Å². The first kappa shape index (κ1) is 19.4. The average molecular weight is 376 g/mol. The van der Waals surface area contributed by atoms with Gasteiger partial charge in [-0.15, -0.1) is 0 Å². The van der Waals surface area contributed by atoms with Crippen molar-refractivity contribution < 1.29 is 18.0 Å². The SMILES string of the molecule is O=C(NCC1CCN(CC(F)(F)F)C1)C(c1ccccc1)c1ccccc1. The third-order valence-corrected chi connectivity index (χ3v) is 4.87. The predicted molar refractivity (Wildman–Crippen MR) is 98.3 cm³/mol. The lowest BCUT2D eigenvalue weighted by molar-refractivity contribution is -0.143. The van der Waals surface area contributed by atoms with Crippen LogP contribution in [0.25, 0.3) is 0 Å². The molecule has 1 saturated heterocycles. The standard InChI is InChI=1S/C21H23F3N2O/c22-21(23,24)15-26-12-11-16(14-26)13-25-20(27)19(17-7-3-1-4-8-17)18-9-5-2-6-10-18/h1-10,16,19H,11-15H2,(H,25,27). The molecule has 1 aliphatic rings. The molecule has 3 nitrogen and oxygen atoms in total. The van der Waals surface area contributed by atoms with Crippen LogP contribution in [-0.4, -0.2) is 43.2 Å². The number of nitrogens with one attached hydrogen (secondary N) is 1. The highest BCUT2D eigenvalue weighted by Gasteiger charge is 2.34. The molecule has 0 aliphatic carbocycles. The Morgan fingerprint density at radius 1 is 1.04 bits per heavy atom. The Bertz CT molecular complexity index is 695. The topological polar surface area (TPSA) is 32.3 Å². The van der Waals surface area contributed by atoms with E-state index in [1.807, 2.05) is 60.7 Å². The van der Waals surface area contributed by atoms with Gasteiger partial charge in [-0.1, -0.05) is 60.7 Å². The van der Waals surface area contributed by atoms with E-state index in [2.05, 4.69) is 5.32 Å². The van der Waals surface area contributed by atoms with Gasteiger partial charge in [-0.3, -0.25) is 9.69 Å². The number of amides is 1. The Morgan fingerprint density at radius 3 is 2.11 bits per heavy atom. The Morgan fingerprint density at radius 2 is 1.59 bits per heavy atom. The molecule has 6 heteroatoms. The van der Waals surface area contributed by atoms with Gasteiger partial charge in [0, 0.05) is 13.1 Å². The molecule has 1 heterocycles. The van der Waals surface area contributed by atoms with Gasteiger partial charge in [0.2, 0.25) is 5.91 Å². The van der Waals surface area contributed by atoms with Gasteiger partial charge in [-0.2, -0.15) is 13.2 Å².